The van der Waals surface area contributed by atoms with Crippen LogP contribution in [0.5, 0.6) is 0 Å². The maximum absolute atomic E-state index is 12.5. The second-order valence-electron chi connectivity index (χ2n) is 5.94. The summed E-state index contributed by atoms with van der Waals surface area (Å²) >= 11 is 6.03. The van der Waals surface area contributed by atoms with E-state index in [1.807, 2.05) is 30.0 Å². The monoisotopic (exact) mass is 343 g/mol. The third-order valence-corrected chi connectivity index (χ3v) is 4.98. The molecule has 2 heterocycles. The van der Waals surface area contributed by atoms with Crippen molar-refractivity contribution >= 4 is 29.9 Å². The molecule has 0 radical (unpaired) electrons. The fourth-order valence-corrected chi connectivity index (χ4v) is 3.32. The van der Waals surface area contributed by atoms with Gasteiger partial charge in [-0.15, -0.1) is 12.4 Å². The maximum atomic E-state index is 12.5. The van der Waals surface area contributed by atoms with Crippen LogP contribution in [-0.2, 0) is 0 Å². The highest BCUT2D eigenvalue weighted by molar-refractivity contribution is 6.31. The summed E-state index contributed by atoms with van der Waals surface area (Å²) in [7, 11) is 0. The molecule has 22 heavy (non-hydrogen) atoms. The molecular weight excluding hydrogens is 321 g/mol. The largest absolute Gasteiger partial charge is 0.336 e. The summed E-state index contributed by atoms with van der Waals surface area (Å²) in [6, 6.07) is 6.17. The van der Waals surface area contributed by atoms with Crippen molar-refractivity contribution in [3.8, 4) is 0 Å². The van der Waals surface area contributed by atoms with E-state index < -0.39 is 0 Å². The molecule has 2 fully saturated rings. The molecule has 1 unspecified atom stereocenters. The van der Waals surface area contributed by atoms with E-state index in [9.17, 15) is 4.79 Å². The molecule has 2 saturated heterocycles. The van der Waals surface area contributed by atoms with Crippen LogP contribution in [0.4, 0.5) is 0 Å². The molecule has 0 aliphatic carbocycles. The molecule has 1 aromatic carbocycles. The molecule has 3 rings (SSSR count). The molecular formula is C16H23Cl2N3O. The highest BCUT2D eigenvalue weighted by Crippen LogP contribution is 2.19. The van der Waals surface area contributed by atoms with Gasteiger partial charge in [0, 0.05) is 49.4 Å². The van der Waals surface area contributed by atoms with Crippen LogP contribution >= 0.6 is 24.0 Å². The van der Waals surface area contributed by atoms with Crippen LogP contribution in [0.1, 0.15) is 22.3 Å². The van der Waals surface area contributed by atoms with Gasteiger partial charge >= 0.3 is 0 Å². The van der Waals surface area contributed by atoms with Gasteiger partial charge in [-0.05, 0) is 43.7 Å². The minimum absolute atomic E-state index is 0. The number of rotatable bonds is 2. The summed E-state index contributed by atoms with van der Waals surface area (Å²) in [6.07, 6.45) is 1.23. The van der Waals surface area contributed by atoms with Gasteiger partial charge in [0.2, 0.25) is 0 Å². The fraction of sp³-hybridized carbons (Fsp3) is 0.562. The first kappa shape index (κ1) is 17.5. The van der Waals surface area contributed by atoms with Crippen molar-refractivity contribution in [3.05, 3.63) is 34.3 Å². The van der Waals surface area contributed by atoms with E-state index >= 15 is 0 Å². The lowest BCUT2D eigenvalue weighted by atomic mass is 10.1. The topological polar surface area (TPSA) is 35.6 Å². The van der Waals surface area contributed by atoms with Crippen LogP contribution in [0.15, 0.2) is 18.2 Å². The lowest BCUT2D eigenvalue weighted by Crippen LogP contribution is -2.52. The zero-order valence-corrected chi connectivity index (χ0v) is 14.4. The first-order chi connectivity index (χ1) is 10.1. The molecule has 1 atom stereocenters. The van der Waals surface area contributed by atoms with Gasteiger partial charge in [-0.25, -0.2) is 0 Å². The minimum Gasteiger partial charge on any atom is -0.336 e. The van der Waals surface area contributed by atoms with Gasteiger partial charge in [0.25, 0.3) is 5.91 Å². The quantitative estimate of drug-likeness (QED) is 0.893. The standard InChI is InChI=1S/C16H22ClN3O.ClH/c1-12-10-13(2-3-15(12)17)16(21)20-8-6-19(7-9-20)14-4-5-18-11-14;/h2-3,10,14,18H,4-9,11H2,1H3;1H. The van der Waals surface area contributed by atoms with Gasteiger partial charge in [0.05, 0.1) is 0 Å². The zero-order valence-electron chi connectivity index (χ0n) is 12.8. The first-order valence-electron chi connectivity index (χ1n) is 7.65. The molecule has 2 aliphatic heterocycles. The van der Waals surface area contributed by atoms with Crippen LogP contribution in [0.3, 0.4) is 0 Å². The summed E-state index contributed by atoms with van der Waals surface area (Å²) in [5, 5.41) is 4.12. The minimum atomic E-state index is 0. The van der Waals surface area contributed by atoms with E-state index in [-0.39, 0.29) is 18.3 Å². The Morgan fingerprint density at radius 3 is 2.59 bits per heavy atom. The summed E-state index contributed by atoms with van der Waals surface area (Å²) in [4.78, 5) is 17.0. The van der Waals surface area contributed by atoms with Crippen molar-refractivity contribution < 1.29 is 4.79 Å². The van der Waals surface area contributed by atoms with Crippen molar-refractivity contribution in [1.29, 1.82) is 0 Å². The molecule has 4 nitrogen and oxygen atoms in total. The number of hydrogen-bond acceptors (Lipinski definition) is 3. The van der Waals surface area contributed by atoms with Crippen LogP contribution in [0, 0.1) is 6.92 Å². The predicted octanol–water partition coefficient (Wildman–Crippen LogP) is 2.19. The molecule has 0 bridgehead atoms. The van der Waals surface area contributed by atoms with Crippen molar-refractivity contribution in [2.24, 2.45) is 0 Å². The normalized spacial score (nSPS) is 22.5. The Labute approximate surface area is 143 Å². The van der Waals surface area contributed by atoms with E-state index in [0.717, 1.165) is 50.4 Å². The number of carbonyl (C=O) groups is 1. The highest BCUT2D eigenvalue weighted by atomic mass is 35.5. The smallest absolute Gasteiger partial charge is 0.253 e. The molecule has 1 aromatic rings. The number of aryl methyl sites for hydroxylation is 1. The zero-order chi connectivity index (χ0) is 14.8. The van der Waals surface area contributed by atoms with Gasteiger partial charge < -0.3 is 10.2 Å². The Kier molecular flexibility index (Phi) is 6.09. The summed E-state index contributed by atoms with van der Waals surface area (Å²) in [6.45, 7) is 7.73. The Morgan fingerprint density at radius 1 is 1.27 bits per heavy atom. The Balaban J connectivity index is 0.00000176. The fourth-order valence-electron chi connectivity index (χ4n) is 3.20. The van der Waals surface area contributed by atoms with Crippen molar-refractivity contribution in [2.45, 2.75) is 19.4 Å². The second kappa shape index (κ2) is 7.64. The summed E-state index contributed by atoms with van der Waals surface area (Å²) in [5.41, 5.74) is 1.70. The number of carbonyl (C=O) groups excluding carboxylic acids is 1. The number of benzene rings is 1. The second-order valence-corrected chi connectivity index (χ2v) is 6.35. The number of piperazine rings is 1. The van der Waals surface area contributed by atoms with E-state index in [0.29, 0.717) is 11.1 Å². The Bertz CT molecular complexity index is 524. The van der Waals surface area contributed by atoms with Crippen LogP contribution in [0.2, 0.25) is 5.02 Å². The lowest BCUT2D eigenvalue weighted by molar-refractivity contribution is 0.0584. The third-order valence-electron chi connectivity index (χ3n) is 4.56. The molecule has 122 valence electrons. The van der Waals surface area contributed by atoms with Gasteiger partial charge in [-0.2, -0.15) is 0 Å². The SMILES string of the molecule is Cc1cc(C(=O)N2CCN(C3CCNC3)CC2)ccc1Cl.Cl. The first-order valence-corrected chi connectivity index (χ1v) is 8.03. The molecule has 1 N–H and O–H groups in total. The number of amides is 1. The van der Waals surface area contributed by atoms with E-state index in [1.54, 1.807) is 0 Å². The summed E-state index contributed by atoms with van der Waals surface area (Å²) < 4.78 is 0. The van der Waals surface area contributed by atoms with Gasteiger partial charge in [-0.3, -0.25) is 9.69 Å². The average Bonchev–Trinajstić information content (AvgIpc) is 3.04. The number of nitrogens with zero attached hydrogens (tertiary/aromatic N) is 2. The van der Waals surface area contributed by atoms with Gasteiger partial charge in [0.1, 0.15) is 0 Å². The molecule has 1 amide bonds. The lowest BCUT2D eigenvalue weighted by Gasteiger charge is -2.37. The summed E-state index contributed by atoms with van der Waals surface area (Å²) in [5.74, 6) is 0.124. The van der Waals surface area contributed by atoms with Crippen molar-refractivity contribution in [2.75, 3.05) is 39.3 Å². The Morgan fingerprint density at radius 2 is 2.00 bits per heavy atom. The van der Waals surface area contributed by atoms with Gasteiger partial charge in [-0.1, -0.05) is 11.6 Å². The van der Waals surface area contributed by atoms with Crippen LogP contribution in [0.25, 0.3) is 0 Å². The maximum Gasteiger partial charge on any atom is 0.253 e. The highest BCUT2D eigenvalue weighted by Gasteiger charge is 2.28. The van der Waals surface area contributed by atoms with E-state index in [1.165, 1.54) is 6.42 Å². The number of nitrogens with one attached hydrogen (secondary N) is 1. The molecule has 6 heteroatoms. The third kappa shape index (κ3) is 3.74. The van der Waals surface area contributed by atoms with E-state index in [2.05, 4.69) is 10.2 Å². The van der Waals surface area contributed by atoms with E-state index in [4.69, 9.17) is 11.6 Å². The number of halogens is 2. The molecule has 2 aliphatic rings. The molecule has 0 spiro atoms. The van der Waals surface area contributed by atoms with Crippen LogP contribution < -0.4 is 5.32 Å². The van der Waals surface area contributed by atoms with Crippen molar-refractivity contribution in [3.63, 3.8) is 0 Å². The van der Waals surface area contributed by atoms with Crippen LogP contribution in [-0.4, -0.2) is 61.0 Å². The predicted molar refractivity (Wildman–Crippen MR) is 92.2 cm³/mol. The van der Waals surface area contributed by atoms with Gasteiger partial charge in [0.15, 0.2) is 0 Å². The Hall–Kier alpha value is -0.810. The molecule has 0 saturated carbocycles. The van der Waals surface area contributed by atoms with Crippen molar-refractivity contribution in [1.82, 2.24) is 15.1 Å². The molecule has 0 aromatic heterocycles. The average molecular weight is 344 g/mol. The number of hydrogen-bond donors (Lipinski definition) is 1.